The molecule has 3 rings (SSSR count). The summed E-state index contributed by atoms with van der Waals surface area (Å²) in [5.41, 5.74) is 1.89. The van der Waals surface area contributed by atoms with Crippen molar-refractivity contribution in [1.29, 1.82) is 0 Å². The molecule has 1 amide bonds. The minimum absolute atomic E-state index is 0.187. The Bertz CT molecular complexity index is 518. The first-order valence-corrected chi connectivity index (χ1v) is 8.73. The van der Waals surface area contributed by atoms with E-state index in [-0.39, 0.29) is 5.91 Å². The fourth-order valence-electron chi connectivity index (χ4n) is 3.61. The van der Waals surface area contributed by atoms with Crippen molar-refractivity contribution < 1.29 is 4.79 Å². The maximum atomic E-state index is 12.7. The van der Waals surface area contributed by atoms with E-state index in [0.717, 1.165) is 47.4 Å². The molecule has 0 saturated carbocycles. The van der Waals surface area contributed by atoms with E-state index in [1.165, 1.54) is 19.4 Å². The summed E-state index contributed by atoms with van der Waals surface area (Å²) in [6.45, 7) is 4.97. The third-order valence-electron chi connectivity index (χ3n) is 4.92. The lowest BCUT2D eigenvalue weighted by Gasteiger charge is -2.35. The SMILES string of the molecule is Cc1ccc(Br)cc1C(=O)N1CCC(C2CCCN2)CC1. The monoisotopic (exact) mass is 350 g/mol. The Morgan fingerprint density at radius 1 is 1.29 bits per heavy atom. The van der Waals surface area contributed by atoms with Crippen molar-refractivity contribution in [2.75, 3.05) is 19.6 Å². The number of carbonyl (C=O) groups is 1. The van der Waals surface area contributed by atoms with Gasteiger partial charge in [-0.05, 0) is 62.8 Å². The van der Waals surface area contributed by atoms with E-state index in [9.17, 15) is 4.79 Å². The van der Waals surface area contributed by atoms with Gasteiger partial charge >= 0.3 is 0 Å². The Hall–Kier alpha value is -0.870. The van der Waals surface area contributed by atoms with Crippen LogP contribution in [0.15, 0.2) is 22.7 Å². The molecule has 1 aromatic rings. The predicted octanol–water partition coefficient (Wildman–Crippen LogP) is 3.36. The van der Waals surface area contributed by atoms with Crippen molar-refractivity contribution in [1.82, 2.24) is 10.2 Å². The summed E-state index contributed by atoms with van der Waals surface area (Å²) < 4.78 is 0.974. The van der Waals surface area contributed by atoms with Crippen LogP contribution in [0.25, 0.3) is 0 Å². The van der Waals surface area contributed by atoms with E-state index in [0.29, 0.717) is 6.04 Å². The van der Waals surface area contributed by atoms with Crippen LogP contribution in [0.4, 0.5) is 0 Å². The van der Waals surface area contributed by atoms with Crippen LogP contribution >= 0.6 is 15.9 Å². The maximum Gasteiger partial charge on any atom is 0.254 e. The average Bonchev–Trinajstić information content (AvgIpc) is 3.03. The number of aryl methyl sites for hydroxylation is 1. The van der Waals surface area contributed by atoms with Crippen LogP contribution < -0.4 is 5.32 Å². The summed E-state index contributed by atoms with van der Waals surface area (Å²) in [6, 6.07) is 6.63. The number of nitrogens with one attached hydrogen (secondary N) is 1. The van der Waals surface area contributed by atoms with Gasteiger partial charge in [0.15, 0.2) is 0 Å². The number of benzene rings is 1. The lowest BCUT2D eigenvalue weighted by Crippen LogP contribution is -2.43. The fraction of sp³-hybridized carbons (Fsp3) is 0.588. The first kappa shape index (κ1) is 15.0. The maximum absolute atomic E-state index is 12.7. The summed E-state index contributed by atoms with van der Waals surface area (Å²) in [7, 11) is 0. The van der Waals surface area contributed by atoms with E-state index in [1.807, 2.05) is 30.0 Å². The Labute approximate surface area is 135 Å². The Morgan fingerprint density at radius 3 is 2.71 bits per heavy atom. The van der Waals surface area contributed by atoms with Crippen LogP contribution in [-0.2, 0) is 0 Å². The molecule has 2 fully saturated rings. The minimum Gasteiger partial charge on any atom is -0.339 e. The van der Waals surface area contributed by atoms with Gasteiger partial charge in [0.1, 0.15) is 0 Å². The summed E-state index contributed by atoms with van der Waals surface area (Å²) in [4.78, 5) is 14.7. The van der Waals surface area contributed by atoms with Crippen LogP contribution in [0.5, 0.6) is 0 Å². The highest BCUT2D eigenvalue weighted by molar-refractivity contribution is 9.10. The van der Waals surface area contributed by atoms with Crippen LogP contribution in [-0.4, -0.2) is 36.5 Å². The van der Waals surface area contributed by atoms with Gasteiger partial charge in [-0.3, -0.25) is 4.79 Å². The zero-order valence-corrected chi connectivity index (χ0v) is 14.2. The summed E-state index contributed by atoms with van der Waals surface area (Å²) in [5, 5.41) is 3.61. The molecule has 0 spiro atoms. The highest BCUT2D eigenvalue weighted by atomic mass is 79.9. The first-order chi connectivity index (χ1) is 10.1. The standard InChI is InChI=1S/C17H23BrN2O/c1-12-4-5-14(18)11-15(12)17(21)20-9-6-13(7-10-20)16-3-2-8-19-16/h4-5,11,13,16,19H,2-3,6-10H2,1H3. The number of amides is 1. The molecule has 114 valence electrons. The summed E-state index contributed by atoms with van der Waals surface area (Å²) in [5.74, 6) is 0.937. The van der Waals surface area contributed by atoms with Gasteiger partial charge in [0, 0.05) is 29.2 Å². The smallest absolute Gasteiger partial charge is 0.254 e. The highest BCUT2D eigenvalue weighted by Gasteiger charge is 2.30. The molecule has 2 aliphatic rings. The Balaban J connectivity index is 1.63. The van der Waals surface area contributed by atoms with Gasteiger partial charge in [-0.15, -0.1) is 0 Å². The van der Waals surface area contributed by atoms with Crippen molar-refractivity contribution in [2.45, 2.75) is 38.6 Å². The molecule has 0 bridgehead atoms. The van der Waals surface area contributed by atoms with Gasteiger partial charge < -0.3 is 10.2 Å². The van der Waals surface area contributed by atoms with E-state index < -0.39 is 0 Å². The van der Waals surface area contributed by atoms with Crippen molar-refractivity contribution in [3.63, 3.8) is 0 Å². The summed E-state index contributed by atoms with van der Waals surface area (Å²) >= 11 is 3.46. The molecule has 3 nitrogen and oxygen atoms in total. The average molecular weight is 351 g/mol. The number of hydrogen-bond acceptors (Lipinski definition) is 2. The Kier molecular flexibility index (Phi) is 4.65. The molecule has 0 radical (unpaired) electrons. The third-order valence-corrected chi connectivity index (χ3v) is 5.42. The van der Waals surface area contributed by atoms with Crippen LogP contribution in [0.3, 0.4) is 0 Å². The molecule has 2 aliphatic heterocycles. The van der Waals surface area contributed by atoms with E-state index in [2.05, 4.69) is 21.2 Å². The molecule has 1 unspecified atom stereocenters. The normalized spacial score (nSPS) is 23.5. The molecule has 1 aromatic carbocycles. The molecule has 2 heterocycles. The van der Waals surface area contributed by atoms with Crippen molar-refractivity contribution in [3.8, 4) is 0 Å². The van der Waals surface area contributed by atoms with Crippen molar-refractivity contribution >= 4 is 21.8 Å². The molecule has 21 heavy (non-hydrogen) atoms. The number of carbonyl (C=O) groups excluding carboxylic acids is 1. The minimum atomic E-state index is 0.187. The van der Waals surface area contributed by atoms with E-state index >= 15 is 0 Å². The zero-order chi connectivity index (χ0) is 14.8. The third kappa shape index (κ3) is 3.32. The zero-order valence-electron chi connectivity index (χ0n) is 12.6. The first-order valence-electron chi connectivity index (χ1n) is 7.94. The van der Waals surface area contributed by atoms with Crippen molar-refractivity contribution in [2.24, 2.45) is 5.92 Å². The molecule has 0 aromatic heterocycles. The van der Waals surface area contributed by atoms with Gasteiger partial charge in [0.25, 0.3) is 5.91 Å². The second-order valence-electron chi connectivity index (χ2n) is 6.29. The van der Waals surface area contributed by atoms with Gasteiger partial charge in [-0.2, -0.15) is 0 Å². The molecule has 0 aliphatic carbocycles. The van der Waals surface area contributed by atoms with Crippen LogP contribution in [0.1, 0.15) is 41.6 Å². The van der Waals surface area contributed by atoms with Crippen LogP contribution in [0.2, 0.25) is 0 Å². The lowest BCUT2D eigenvalue weighted by molar-refractivity contribution is 0.0673. The number of piperidine rings is 1. The second kappa shape index (κ2) is 6.49. The number of hydrogen-bond donors (Lipinski definition) is 1. The number of nitrogens with zero attached hydrogens (tertiary/aromatic N) is 1. The van der Waals surface area contributed by atoms with Gasteiger partial charge in [-0.1, -0.05) is 22.0 Å². The topological polar surface area (TPSA) is 32.3 Å². The molecule has 2 saturated heterocycles. The van der Waals surface area contributed by atoms with E-state index in [1.54, 1.807) is 0 Å². The molecule has 1 N–H and O–H groups in total. The molecular formula is C17H23BrN2O. The quantitative estimate of drug-likeness (QED) is 0.886. The lowest BCUT2D eigenvalue weighted by atomic mass is 9.88. The molecule has 4 heteroatoms. The number of halogens is 1. The van der Waals surface area contributed by atoms with Gasteiger partial charge in [0.2, 0.25) is 0 Å². The Morgan fingerprint density at radius 2 is 2.05 bits per heavy atom. The van der Waals surface area contributed by atoms with Gasteiger partial charge in [-0.25, -0.2) is 0 Å². The summed E-state index contributed by atoms with van der Waals surface area (Å²) in [6.07, 6.45) is 4.89. The molecule has 1 atom stereocenters. The molecular weight excluding hydrogens is 328 g/mol. The largest absolute Gasteiger partial charge is 0.339 e. The predicted molar refractivity (Wildman–Crippen MR) is 88.5 cm³/mol. The van der Waals surface area contributed by atoms with Gasteiger partial charge in [0.05, 0.1) is 0 Å². The second-order valence-corrected chi connectivity index (χ2v) is 7.21. The van der Waals surface area contributed by atoms with E-state index in [4.69, 9.17) is 0 Å². The highest BCUT2D eigenvalue weighted by Crippen LogP contribution is 2.27. The number of likely N-dealkylation sites (tertiary alicyclic amines) is 1. The van der Waals surface area contributed by atoms with Crippen molar-refractivity contribution in [3.05, 3.63) is 33.8 Å². The number of rotatable bonds is 2. The van der Waals surface area contributed by atoms with Crippen LogP contribution in [0, 0.1) is 12.8 Å². The fourth-order valence-corrected chi connectivity index (χ4v) is 3.97.